The molecule has 0 aromatic carbocycles. The van der Waals surface area contributed by atoms with E-state index in [1.807, 2.05) is 0 Å². The predicted molar refractivity (Wildman–Crippen MR) is 54.8 cm³/mol. The summed E-state index contributed by atoms with van der Waals surface area (Å²) >= 11 is 0. The van der Waals surface area contributed by atoms with Gasteiger partial charge in [-0.2, -0.15) is 0 Å². The topological polar surface area (TPSA) is 161 Å². The van der Waals surface area contributed by atoms with Gasteiger partial charge in [0, 0.05) is 25.0 Å². The Morgan fingerprint density at radius 2 is 1.65 bits per heavy atom. The Labute approximate surface area is 95.5 Å². The zero-order chi connectivity index (χ0) is 13.3. The largest absolute Gasteiger partial charge is 0.369 e. The average molecular weight is 284 g/mol. The van der Waals surface area contributed by atoms with Crippen molar-refractivity contribution in [3.63, 3.8) is 0 Å². The molecule has 1 aromatic rings. The number of aromatic nitrogens is 2. The van der Waals surface area contributed by atoms with Crippen LogP contribution in [0.15, 0.2) is 18.6 Å². The maximum absolute atomic E-state index is 11.0. The molecule has 1 aromatic heterocycles. The van der Waals surface area contributed by atoms with Crippen molar-refractivity contribution in [3.05, 3.63) is 24.3 Å². The maximum atomic E-state index is 11.0. The van der Waals surface area contributed by atoms with Gasteiger partial charge in [-0.1, -0.05) is 0 Å². The molecule has 0 saturated carbocycles. The summed E-state index contributed by atoms with van der Waals surface area (Å²) in [5.41, 5.74) is -0.151. The Bertz CT molecular complexity index is 458. The van der Waals surface area contributed by atoms with Crippen LogP contribution in [0.3, 0.4) is 0 Å². The summed E-state index contributed by atoms with van der Waals surface area (Å²) in [5.74, 6) is 0. The molecule has 0 spiro atoms. The molecule has 0 saturated heterocycles. The van der Waals surface area contributed by atoms with E-state index in [1.165, 1.54) is 6.20 Å². The van der Waals surface area contributed by atoms with Gasteiger partial charge in [-0.3, -0.25) is 19.1 Å². The van der Waals surface area contributed by atoms with Crippen molar-refractivity contribution in [2.75, 3.05) is 0 Å². The van der Waals surface area contributed by atoms with Crippen molar-refractivity contribution < 1.29 is 33.8 Å². The first kappa shape index (κ1) is 14.4. The molecular formula is C6H10N2O7P2. The average Bonchev–Trinajstić information content (AvgIpc) is 2.15. The van der Waals surface area contributed by atoms with Gasteiger partial charge in [-0.15, -0.1) is 0 Å². The third kappa shape index (κ3) is 2.97. The smallest absolute Gasteiger partial charge is 0.367 e. The zero-order valence-electron chi connectivity index (χ0n) is 8.28. The van der Waals surface area contributed by atoms with E-state index in [-0.39, 0.29) is 5.69 Å². The van der Waals surface area contributed by atoms with Gasteiger partial charge in [0.05, 0.1) is 5.69 Å². The van der Waals surface area contributed by atoms with Gasteiger partial charge in [0.1, 0.15) is 0 Å². The van der Waals surface area contributed by atoms with Gasteiger partial charge >= 0.3 is 15.2 Å². The molecule has 96 valence electrons. The first-order valence-corrected chi connectivity index (χ1v) is 7.39. The summed E-state index contributed by atoms with van der Waals surface area (Å²) in [4.78, 5) is 42.6. The van der Waals surface area contributed by atoms with Crippen molar-refractivity contribution >= 4 is 15.2 Å². The van der Waals surface area contributed by atoms with Gasteiger partial charge in [-0.05, 0) is 0 Å². The Morgan fingerprint density at radius 3 is 2.00 bits per heavy atom. The molecule has 0 aliphatic heterocycles. The van der Waals surface area contributed by atoms with Crippen LogP contribution in [0.5, 0.6) is 0 Å². The van der Waals surface area contributed by atoms with Gasteiger partial charge in [0.2, 0.25) is 0 Å². The van der Waals surface area contributed by atoms with E-state index in [0.29, 0.717) is 0 Å². The zero-order valence-corrected chi connectivity index (χ0v) is 10.1. The van der Waals surface area contributed by atoms with Crippen LogP contribution in [0.1, 0.15) is 5.69 Å². The minimum atomic E-state index is -5.45. The minimum absolute atomic E-state index is 0.151. The highest BCUT2D eigenvalue weighted by atomic mass is 31.2. The lowest BCUT2D eigenvalue weighted by molar-refractivity contribution is 0.130. The van der Waals surface area contributed by atoms with E-state index in [2.05, 4.69) is 9.97 Å². The van der Waals surface area contributed by atoms with E-state index in [1.54, 1.807) is 0 Å². The Balaban J connectivity index is 3.20. The maximum Gasteiger partial charge on any atom is 0.369 e. The molecule has 1 heterocycles. The molecule has 0 amide bonds. The highest BCUT2D eigenvalue weighted by Gasteiger charge is 2.59. The van der Waals surface area contributed by atoms with Gasteiger partial charge in [0.15, 0.2) is 0 Å². The second kappa shape index (κ2) is 4.55. The summed E-state index contributed by atoms with van der Waals surface area (Å²) in [6, 6.07) is 0. The first-order chi connectivity index (χ1) is 7.58. The molecule has 0 aliphatic carbocycles. The monoisotopic (exact) mass is 284 g/mol. The van der Waals surface area contributed by atoms with Gasteiger partial charge in [0.25, 0.3) is 5.08 Å². The second-order valence-corrected chi connectivity index (χ2v) is 7.24. The fourth-order valence-corrected chi connectivity index (χ4v) is 3.13. The lowest BCUT2D eigenvalue weighted by atomic mass is 10.3. The Hall–Kier alpha value is -0.660. The van der Waals surface area contributed by atoms with Crippen LogP contribution in [-0.4, -0.2) is 39.7 Å². The summed E-state index contributed by atoms with van der Waals surface area (Å²) < 4.78 is 22.0. The minimum Gasteiger partial charge on any atom is -0.367 e. The van der Waals surface area contributed by atoms with Crippen LogP contribution >= 0.6 is 15.2 Å². The lowest BCUT2D eigenvalue weighted by Crippen LogP contribution is -2.31. The van der Waals surface area contributed by atoms with Crippen LogP contribution in [-0.2, 0) is 15.6 Å². The van der Waals surface area contributed by atoms with E-state index < -0.39 is 26.7 Å². The highest BCUT2D eigenvalue weighted by Crippen LogP contribution is 2.68. The Kier molecular flexibility index (Phi) is 3.85. The van der Waals surface area contributed by atoms with Crippen LogP contribution in [0.4, 0.5) is 0 Å². The molecule has 0 atom stereocenters. The van der Waals surface area contributed by atoms with Crippen LogP contribution < -0.4 is 0 Å². The number of rotatable bonds is 4. The molecule has 0 fully saturated rings. The molecule has 0 radical (unpaired) electrons. The second-order valence-electron chi connectivity index (χ2n) is 3.24. The third-order valence-electron chi connectivity index (χ3n) is 1.97. The molecule has 1 rings (SSSR count). The van der Waals surface area contributed by atoms with E-state index in [9.17, 15) is 14.2 Å². The van der Waals surface area contributed by atoms with Crippen molar-refractivity contribution in [1.82, 2.24) is 9.97 Å². The molecule has 0 bridgehead atoms. The normalized spacial score (nSPS) is 13.7. The standard InChI is InChI=1S/C6H10N2O7P2/c9-6(16(10,11)12,17(13,14)15)3-5-4-7-1-2-8-5/h1-2,4,9H,3H2,(H2,10,11,12)(H2,13,14,15). The SMILES string of the molecule is O=P(O)(O)C(O)(Cc1cnccn1)P(=O)(O)O. The van der Waals surface area contributed by atoms with Gasteiger partial charge < -0.3 is 24.7 Å². The summed E-state index contributed by atoms with van der Waals surface area (Å²) in [6.45, 7) is 0. The molecule has 0 aliphatic rings. The molecule has 11 heteroatoms. The first-order valence-electron chi connectivity index (χ1n) is 4.16. The van der Waals surface area contributed by atoms with Crippen LogP contribution in [0.2, 0.25) is 0 Å². The highest BCUT2D eigenvalue weighted by molar-refractivity contribution is 7.72. The van der Waals surface area contributed by atoms with E-state index in [4.69, 9.17) is 19.6 Å². The molecule has 17 heavy (non-hydrogen) atoms. The molecule has 5 N–H and O–H groups in total. The number of hydrogen-bond donors (Lipinski definition) is 5. The number of aliphatic hydroxyl groups is 1. The van der Waals surface area contributed by atoms with Crippen LogP contribution in [0.25, 0.3) is 0 Å². The van der Waals surface area contributed by atoms with Crippen molar-refractivity contribution in [3.8, 4) is 0 Å². The molecule has 9 nitrogen and oxygen atoms in total. The number of hydrogen-bond acceptors (Lipinski definition) is 5. The van der Waals surface area contributed by atoms with E-state index >= 15 is 0 Å². The van der Waals surface area contributed by atoms with Gasteiger partial charge in [-0.25, -0.2) is 0 Å². The van der Waals surface area contributed by atoms with E-state index in [0.717, 1.165) is 12.4 Å². The summed E-state index contributed by atoms with van der Waals surface area (Å²) in [7, 11) is -10.9. The fraction of sp³-hybridized carbons (Fsp3) is 0.333. The predicted octanol–water partition coefficient (Wildman–Crippen LogP) is -0.979. The fourth-order valence-electron chi connectivity index (χ4n) is 1.04. The summed E-state index contributed by atoms with van der Waals surface area (Å²) in [5, 5.41) is 6.05. The summed E-state index contributed by atoms with van der Waals surface area (Å²) in [6.07, 6.45) is 2.46. The Morgan fingerprint density at radius 1 is 1.12 bits per heavy atom. The quantitative estimate of drug-likeness (QED) is 0.437. The third-order valence-corrected chi connectivity index (χ3v) is 5.71. The molecule has 0 unspecified atom stereocenters. The number of nitrogens with zero attached hydrogens (tertiary/aromatic N) is 2. The lowest BCUT2D eigenvalue weighted by Gasteiger charge is -2.28. The molecular weight excluding hydrogens is 274 g/mol. The van der Waals surface area contributed by atoms with Crippen molar-refractivity contribution in [2.24, 2.45) is 0 Å². The van der Waals surface area contributed by atoms with Crippen molar-refractivity contribution in [2.45, 2.75) is 11.5 Å². The van der Waals surface area contributed by atoms with Crippen LogP contribution in [0, 0.1) is 0 Å². The van der Waals surface area contributed by atoms with Crippen molar-refractivity contribution in [1.29, 1.82) is 0 Å².